The van der Waals surface area contributed by atoms with Crippen molar-refractivity contribution >= 4 is 0 Å². The van der Waals surface area contributed by atoms with E-state index in [9.17, 15) is 0 Å². The molecule has 2 atom stereocenters. The number of ether oxygens (including phenoxy) is 1. The summed E-state index contributed by atoms with van der Waals surface area (Å²) in [6.45, 7) is 9.80. The lowest BCUT2D eigenvalue weighted by Gasteiger charge is -2.39. The second-order valence-corrected chi connectivity index (χ2v) is 5.34. The molecule has 1 aromatic rings. The van der Waals surface area contributed by atoms with Gasteiger partial charge in [0.1, 0.15) is 5.75 Å². The lowest BCUT2D eigenvalue weighted by Crippen LogP contribution is -2.54. The predicted octanol–water partition coefficient (Wildman–Crippen LogP) is 2.19. The molecule has 0 radical (unpaired) electrons. The monoisotopic (exact) mass is 248 g/mol. The molecule has 0 saturated carbocycles. The largest absolute Gasteiger partial charge is 0.496 e. The molecule has 1 aliphatic heterocycles. The van der Waals surface area contributed by atoms with Crippen LogP contribution in [0.2, 0.25) is 0 Å². The van der Waals surface area contributed by atoms with Gasteiger partial charge in [0.25, 0.3) is 0 Å². The quantitative estimate of drug-likeness (QED) is 0.887. The number of aryl methyl sites for hydroxylation is 1. The van der Waals surface area contributed by atoms with Crippen LogP contribution >= 0.6 is 0 Å². The van der Waals surface area contributed by atoms with Crippen molar-refractivity contribution in [2.24, 2.45) is 0 Å². The van der Waals surface area contributed by atoms with Crippen LogP contribution in [0.1, 0.15) is 25.0 Å². The molecule has 1 saturated heterocycles. The Labute approximate surface area is 110 Å². The molecule has 2 rings (SSSR count). The van der Waals surface area contributed by atoms with Gasteiger partial charge in [-0.25, -0.2) is 0 Å². The van der Waals surface area contributed by atoms with Crippen molar-refractivity contribution in [2.75, 3.05) is 20.2 Å². The third-order valence-corrected chi connectivity index (χ3v) is 3.80. The topological polar surface area (TPSA) is 24.5 Å². The summed E-state index contributed by atoms with van der Waals surface area (Å²) in [5.41, 5.74) is 2.58. The van der Waals surface area contributed by atoms with E-state index < -0.39 is 0 Å². The van der Waals surface area contributed by atoms with Gasteiger partial charge in [-0.1, -0.05) is 17.7 Å². The molecule has 1 aliphatic rings. The zero-order chi connectivity index (χ0) is 13.1. The van der Waals surface area contributed by atoms with Crippen molar-refractivity contribution in [3.8, 4) is 5.75 Å². The van der Waals surface area contributed by atoms with Crippen LogP contribution in [0.4, 0.5) is 0 Å². The molecule has 0 bridgehead atoms. The van der Waals surface area contributed by atoms with Gasteiger partial charge < -0.3 is 10.1 Å². The van der Waals surface area contributed by atoms with Gasteiger partial charge in [-0.3, -0.25) is 4.90 Å². The van der Waals surface area contributed by atoms with Gasteiger partial charge in [0, 0.05) is 37.3 Å². The minimum absolute atomic E-state index is 0.568. The fourth-order valence-corrected chi connectivity index (χ4v) is 2.71. The van der Waals surface area contributed by atoms with Crippen LogP contribution in [0.3, 0.4) is 0 Å². The number of nitrogens with one attached hydrogen (secondary N) is 1. The van der Waals surface area contributed by atoms with Crippen LogP contribution in [0.5, 0.6) is 5.75 Å². The van der Waals surface area contributed by atoms with Crippen LogP contribution in [-0.4, -0.2) is 37.2 Å². The molecule has 3 nitrogen and oxygen atoms in total. The number of hydrogen-bond donors (Lipinski definition) is 1. The van der Waals surface area contributed by atoms with Gasteiger partial charge in [-0.2, -0.15) is 0 Å². The smallest absolute Gasteiger partial charge is 0.123 e. The Morgan fingerprint density at radius 1 is 1.28 bits per heavy atom. The van der Waals surface area contributed by atoms with Gasteiger partial charge in [-0.05, 0) is 26.8 Å². The first-order chi connectivity index (χ1) is 8.61. The van der Waals surface area contributed by atoms with Crippen molar-refractivity contribution in [3.63, 3.8) is 0 Å². The summed E-state index contributed by atoms with van der Waals surface area (Å²) in [4.78, 5) is 2.55. The van der Waals surface area contributed by atoms with Gasteiger partial charge >= 0.3 is 0 Å². The average Bonchev–Trinajstić information content (AvgIpc) is 2.34. The van der Waals surface area contributed by atoms with Crippen molar-refractivity contribution in [2.45, 2.75) is 39.4 Å². The molecule has 0 aliphatic carbocycles. The van der Waals surface area contributed by atoms with Crippen molar-refractivity contribution < 1.29 is 4.74 Å². The van der Waals surface area contributed by atoms with Crippen molar-refractivity contribution in [3.05, 3.63) is 29.3 Å². The number of nitrogens with zero attached hydrogens (tertiary/aromatic N) is 1. The number of methoxy groups -OCH3 is 1. The number of piperazine rings is 1. The lowest BCUT2D eigenvalue weighted by molar-refractivity contribution is 0.107. The van der Waals surface area contributed by atoms with Crippen LogP contribution < -0.4 is 10.1 Å². The Morgan fingerprint density at radius 2 is 1.94 bits per heavy atom. The maximum atomic E-state index is 5.47. The molecular formula is C15H24N2O. The standard InChI is InChI=1S/C15H24N2O/c1-11-5-6-15(18-4)14(7-11)10-17-12(2)8-16-9-13(17)3/h5-7,12-13,16H,8-10H2,1-4H3. The number of hydrogen-bond acceptors (Lipinski definition) is 3. The molecule has 1 fully saturated rings. The van der Waals surface area contributed by atoms with E-state index in [1.807, 2.05) is 0 Å². The Balaban J connectivity index is 2.19. The molecule has 100 valence electrons. The molecular weight excluding hydrogens is 224 g/mol. The van der Waals surface area contributed by atoms with Crippen LogP contribution in [-0.2, 0) is 6.54 Å². The van der Waals surface area contributed by atoms with Crippen LogP contribution in [0, 0.1) is 6.92 Å². The summed E-state index contributed by atoms with van der Waals surface area (Å²) in [5, 5.41) is 3.47. The second kappa shape index (κ2) is 5.72. The molecule has 0 spiro atoms. The van der Waals surface area contributed by atoms with Crippen molar-refractivity contribution in [1.82, 2.24) is 10.2 Å². The highest BCUT2D eigenvalue weighted by Crippen LogP contribution is 2.24. The Hall–Kier alpha value is -1.06. The number of benzene rings is 1. The van der Waals surface area contributed by atoms with E-state index in [-0.39, 0.29) is 0 Å². The SMILES string of the molecule is COc1ccc(C)cc1CN1C(C)CNCC1C. The predicted molar refractivity (Wildman–Crippen MR) is 75.1 cm³/mol. The van der Waals surface area contributed by atoms with E-state index >= 15 is 0 Å². The van der Waals surface area contributed by atoms with Crippen LogP contribution in [0.15, 0.2) is 18.2 Å². The molecule has 3 heteroatoms. The molecule has 2 unspecified atom stereocenters. The minimum Gasteiger partial charge on any atom is -0.496 e. The first-order valence-corrected chi connectivity index (χ1v) is 6.71. The summed E-state index contributed by atoms with van der Waals surface area (Å²) >= 11 is 0. The zero-order valence-electron chi connectivity index (χ0n) is 11.9. The maximum absolute atomic E-state index is 5.47. The molecule has 0 amide bonds. The van der Waals surface area contributed by atoms with Gasteiger partial charge in [0.2, 0.25) is 0 Å². The van der Waals surface area contributed by atoms with E-state index in [1.54, 1.807) is 7.11 Å². The summed E-state index contributed by atoms with van der Waals surface area (Å²) < 4.78 is 5.47. The summed E-state index contributed by atoms with van der Waals surface area (Å²) in [6.07, 6.45) is 0. The van der Waals surface area contributed by atoms with Gasteiger partial charge in [0.05, 0.1) is 7.11 Å². The van der Waals surface area contributed by atoms with E-state index in [0.29, 0.717) is 12.1 Å². The third-order valence-electron chi connectivity index (χ3n) is 3.80. The fourth-order valence-electron chi connectivity index (χ4n) is 2.71. The lowest BCUT2D eigenvalue weighted by atomic mass is 10.1. The zero-order valence-corrected chi connectivity index (χ0v) is 11.9. The van der Waals surface area contributed by atoms with Crippen LogP contribution in [0.25, 0.3) is 0 Å². The Bertz CT molecular complexity index is 395. The average molecular weight is 248 g/mol. The molecule has 1 heterocycles. The van der Waals surface area contributed by atoms with Crippen molar-refractivity contribution in [1.29, 1.82) is 0 Å². The maximum Gasteiger partial charge on any atom is 0.123 e. The summed E-state index contributed by atoms with van der Waals surface area (Å²) in [5.74, 6) is 0.999. The molecule has 1 aromatic carbocycles. The Morgan fingerprint density at radius 3 is 2.56 bits per heavy atom. The fraction of sp³-hybridized carbons (Fsp3) is 0.600. The minimum atomic E-state index is 0.568. The summed E-state index contributed by atoms with van der Waals surface area (Å²) in [7, 11) is 1.75. The van der Waals surface area contributed by atoms with E-state index in [0.717, 1.165) is 25.4 Å². The molecule has 1 N–H and O–H groups in total. The first kappa shape index (κ1) is 13.4. The normalized spacial score (nSPS) is 25.1. The molecule has 0 aromatic heterocycles. The van der Waals surface area contributed by atoms with Gasteiger partial charge in [-0.15, -0.1) is 0 Å². The van der Waals surface area contributed by atoms with Gasteiger partial charge in [0.15, 0.2) is 0 Å². The first-order valence-electron chi connectivity index (χ1n) is 6.71. The van der Waals surface area contributed by atoms with E-state index in [4.69, 9.17) is 4.74 Å². The van der Waals surface area contributed by atoms with E-state index in [1.165, 1.54) is 11.1 Å². The highest BCUT2D eigenvalue weighted by molar-refractivity contribution is 5.36. The summed E-state index contributed by atoms with van der Waals surface area (Å²) in [6, 6.07) is 7.55. The highest BCUT2D eigenvalue weighted by Gasteiger charge is 2.25. The highest BCUT2D eigenvalue weighted by atomic mass is 16.5. The number of rotatable bonds is 3. The molecule has 18 heavy (non-hydrogen) atoms. The van der Waals surface area contributed by atoms with E-state index in [2.05, 4.69) is 49.2 Å². The Kier molecular flexibility index (Phi) is 4.25. The second-order valence-electron chi connectivity index (χ2n) is 5.34. The third kappa shape index (κ3) is 2.85.